The maximum atomic E-state index is 11.8. The van der Waals surface area contributed by atoms with Crippen molar-refractivity contribution in [1.29, 1.82) is 0 Å². The van der Waals surface area contributed by atoms with Crippen LogP contribution in [0.4, 0.5) is 0 Å². The minimum Gasteiger partial charge on any atom is -0.463 e. The van der Waals surface area contributed by atoms with E-state index in [-0.39, 0.29) is 12.5 Å². The molecule has 1 amide bonds. The van der Waals surface area contributed by atoms with Crippen LogP contribution in [0.15, 0.2) is 0 Å². The van der Waals surface area contributed by atoms with Crippen molar-refractivity contribution < 1.29 is 38.1 Å². The number of esters is 3. The first-order chi connectivity index (χ1) is 12.3. The zero-order valence-corrected chi connectivity index (χ0v) is 16.9. The lowest BCUT2D eigenvalue weighted by atomic mass is 9.78. The van der Waals surface area contributed by atoms with Crippen molar-refractivity contribution >= 4 is 23.8 Å². The van der Waals surface area contributed by atoms with Gasteiger partial charge in [-0.1, -0.05) is 20.8 Å². The monoisotopic (exact) mass is 387 g/mol. The molecule has 0 aromatic carbocycles. The molecule has 5 atom stereocenters. The lowest BCUT2D eigenvalue weighted by Gasteiger charge is -2.49. The topological polar surface area (TPSA) is 117 Å². The second-order valence-electron chi connectivity index (χ2n) is 7.64. The molecular formula is C18H29NO8. The van der Waals surface area contributed by atoms with Crippen molar-refractivity contribution in [3.05, 3.63) is 0 Å². The van der Waals surface area contributed by atoms with Crippen molar-refractivity contribution in [2.45, 2.75) is 78.9 Å². The van der Waals surface area contributed by atoms with E-state index in [4.69, 9.17) is 18.9 Å². The first-order valence-corrected chi connectivity index (χ1v) is 8.73. The van der Waals surface area contributed by atoms with Gasteiger partial charge in [0.1, 0.15) is 12.7 Å². The Balaban J connectivity index is 3.36. The van der Waals surface area contributed by atoms with Gasteiger partial charge in [0.25, 0.3) is 0 Å². The molecule has 1 aliphatic rings. The molecule has 0 aromatic heterocycles. The summed E-state index contributed by atoms with van der Waals surface area (Å²) in [6, 6.07) is -0.760. The zero-order chi connectivity index (χ0) is 20.9. The Morgan fingerprint density at radius 2 is 1.41 bits per heavy atom. The van der Waals surface area contributed by atoms with E-state index < -0.39 is 53.8 Å². The molecule has 154 valence electrons. The highest BCUT2D eigenvalue weighted by atomic mass is 16.6. The molecule has 0 saturated carbocycles. The zero-order valence-electron chi connectivity index (χ0n) is 16.9. The fourth-order valence-corrected chi connectivity index (χ4v) is 3.07. The Hall–Kier alpha value is -2.16. The van der Waals surface area contributed by atoms with Crippen LogP contribution in [0.2, 0.25) is 0 Å². The van der Waals surface area contributed by atoms with Gasteiger partial charge in [0.15, 0.2) is 12.2 Å². The smallest absolute Gasteiger partial charge is 0.303 e. The lowest BCUT2D eigenvalue weighted by Crippen LogP contribution is -2.68. The maximum Gasteiger partial charge on any atom is 0.303 e. The minimum absolute atomic E-state index is 0.190. The number of hydrogen-bond donors (Lipinski definition) is 1. The third-order valence-electron chi connectivity index (χ3n) is 3.97. The molecule has 1 fully saturated rings. The molecule has 1 heterocycles. The van der Waals surface area contributed by atoms with Crippen molar-refractivity contribution in [2.24, 2.45) is 5.41 Å². The van der Waals surface area contributed by atoms with Crippen LogP contribution >= 0.6 is 0 Å². The van der Waals surface area contributed by atoms with Crippen LogP contribution in [0.3, 0.4) is 0 Å². The highest BCUT2D eigenvalue weighted by Crippen LogP contribution is 2.35. The van der Waals surface area contributed by atoms with Gasteiger partial charge in [-0.25, -0.2) is 0 Å². The predicted molar refractivity (Wildman–Crippen MR) is 93.5 cm³/mol. The molecule has 0 aromatic rings. The van der Waals surface area contributed by atoms with E-state index >= 15 is 0 Å². The molecule has 1 saturated heterocycles. The molecule has 9 nitrogen and oxygen atoms in total. The SMILES string of the molecule is CC(=O)NC1C(OC(C)=O)C(OC(C)=O)C(COC(C)=O)OC1C(C)(C)C. The highest BCUT2D eigenvalue weighted by Gasteiger charge is 2.53. The number of ether oxygens (including phenoxy) is 4. The summed E-state index contributed by atoms with van der Waals surface area (Å²) >= 11 is 0. The summed E-state index contributed by atoms with van der Waals surface area (Å²) in [7, 11) is 0. The summed E-state index contributed by atoms with van der Waals surface area (Å²) < 4.78 is 21.9. The summed E-state index contributed by atoms with van der Waals surface area (Å²) in [5, 5.41) is 2.74. The largest absolute Gasteiger partial charge is 0.463 e. The van der Waals surface area contributed by atoms with Crippen LogP contribution in [0.1, 0.15) is 48.5 Å². The molecule has 0 bridgehead atoms. The van der Waals surface area contributed by atoms with E-state index in [1.54, 1.807) is 0 Å². The molecule has 1 N–H and O–H groups in total. The van der Waals surface area contributed by atoms with E-state index in [0.29, 0.717) is 0 Å². The van der Waals surface area contributed by atoms with Crippen molar-refractivity contribution in [1.82, 2.24) is 5.32 Å². The molecule has 5 unspecified atom stereocenters. The van der Waals surface area contributed by atoms with Crippen LogP contribution in [-0.2, 0) is 38.1 Å². The quantitative estimate of drug-likeness (QED) is 0.542. The van der Waals surface area contributed by atoms with Gasteiger partial charge in [0.2, 0.25) is 5.91 Å². The summed E-state index contributed by atoms with van der Waals surface area (Å²) in [6.45, 7) is 10.5. The number of rotatable bonds is 5. The third kappa shape index (κ3) is 6.82. The van der Waals surface area contributed by atoms with Crippen LogP contribution < -0.4 is 5.32 Å². The average Bonchev–Trinajstić information content (AvgIpc) is 2.46. The highest BCUT2D eigenvalue weighted by molar-refractivity contribution is 5.73. The number of carbonyl (C=O) groups is 4. The van der Waals surface area contributed by atoms with Gasteiger partial charge < -0.3 is 24.3 Å². The Bertz CT molecular complexity index is 582. The normalized spacial score (nSPS) is 28.0. The second kappa shape index (κ2) is 9.16. The Morgan fingerprint density at radius 1 is 0.889 bits per heavy atom. The molecule has 27 heavy (non-hydrogen) atoms. The summed E-state index contributed by atoms with van der Waals surface area (Å²) in [4.78, 5) is 46.3. The van der Waals surface area contributed by atoms with Gasteiger partial charge in [-0.15, -0.1) is 0 Å². The van der Waals surface area contributed by atoms with Gasteiger partial charge in [-0.3, -0.25) is 19.2 Å². The first-order valence-electron chi connectivity index (χ1n) is 8.73. The molecular weight excluding hydrogens is 358 g/mol. The number of hydrogen-bond acceptors (Lipinski definition) is 8. The molecule has 1 aliphatic heterocycles. The fraction of sp³-hybridized carbons (Fsp3) is 0.778. The van der Waals surface area contributed by atoms with Crippen molar-refractivity contribution in [2.75, 3.05) is 6.61 Å². The molecule has 0 radical (unpaired) electrons. The Kier molecular flexibility index (Phi) is 7.77. The summed E-state index contributed by atoms with van der Waals surface area (Å²) in [5.41, 5.74) is -0.471. The average molecular weight is 387 g/mol. The molecule has 0 aliphatic carbocycles. The van der Waals surface area contributed by atoms with E-state index in [1.165, 1.54) is 27.7 Å². The van der Waals surface area contributed by atoms with Gasteiger partial charge >= 0.3 is 17.9 Å². The van der Waals surface area contributed by atoms with E-state index in [0.717, 1.165) is 0 Å². The Morgan fingerprint density at radius 3 is 1.81 bits per heavy atom. The van der Waals surface area contributed by atoms with E-state index in [1.807, 2.05) is 20.8 Å². The van der Waals surface area contributed by atoms with Crippen LogP contribution in [0.25, 0.3) is 0 Å². The Labute approximate surface area is 159 Å². The van der Waals surface area contributed by atoms with Crippen molar-refractivity contribution in [3.63, 3.8) is 0 Å². The third-order valence-corrected chi connectivity index (χ3v) is 3.97. The predicted octanol–water partition coefficient (Wildman–Crippen LogP) is 0.731. The summed E-state index contributed by atoms with van der Waals surface area (Å²) in [6.07, 6.45) is -3.52. The van der Waals surface area contributed by atoms with Gasteiger partial charge in [0.05, 0.1) is 12.1 Å². The van der Waals surface area contributed by atoms with E-state index in [9.17, 15) is 19.2 Å². The van der Waals surface area contributed by atoms with Crippen LogP contribution in [0.5, 0.6) is 0 Å². The van der Waals surface area contributed by atoms with E-state index in [2.05, 4.69) is 5.32 Å². The standard InChI is InChI=1S/C18H29NO8/c1-9(20)19-14-16(26-12(4)23)15(25-11(3)22)13(8-24-10(2)21)27-17(14)18(5,6)7/h13-17H,8H2,1-7H3,(H,19,20). The van der Waals surface area contributed by atoms with Gasteiger partial charge in [-0.05, 0) is 5.41 Å². The summed E-state index contributed by atoms with van der Waals surface area (Å²) in [5.74, 6) is -2.10. The minimum atomic E-state index is -1.05. The van der Waals surface area contributed by atoms with Gasteiger partial charge in [-0.2, -0.15) is 0 Å². The maximum absolute atomic E-state index is 11.8. The lowest BCUT2D eigenvalue weighted by molar-refractivity contribution is -0.237. The van der Waals surface area contributed by atoms with Gasteiger partial charge in [0, 0.05) is 27.7 Å². The van der Waals surface area contributed by atoms with Crippen LogP contribution in [0, 0.1) is 5.41 Å². The second-order valence-corrected chi connectivity index (χ2v) is 7.64. The first kappa shape index (κ1) is 22.9. The van der Waals surface area contributed by atoms with Crippen LogP contribution in [-0.4, -0.2) is 60.9 Å². The number of nitrogens with one attached hydrogen (secondary N) is 1. The fourth-order valence-electron chi connectivity index (χ4n) is 3.07. The molecule has 1 rings (SSSR count). The number of carbonyl (C=O) groups excluding carboxylic acids is 4. The molecule has 9 heteroatoms. The van der Waals surface area contributed by atoms with Crippen molar-refractivity contribution in [3.8, 4) is 0 Å². The number of amides is 1. The molecule has 0 spiro atoms.